The molecule has 14 N–H and O–H groups in total. The summed E-state index contributed by atoms with van der Waals surface area (Å²) in [6.45, 7) is 0. The second-order valence-electron chi connectivity index (χ2n) is 0. The van der Waals surface area contributed by atoms with Crippen molar-refractivity contribution in [1.29, 1.82) is 0 Å². The minimum Gasteiger partial charge on any atom is -0.412 e. The Kier molecular flexibility index (Phi) is 19400. The van der Waals surface area contributed by atoms with Crippen molar-refractivity contribution in [3.8, 4) is 0 Å². The Labute approximate surface area is 86.9 Å². The molecule has 0 saturated heterocycles. The van der Waals surface area contributed by atoms with Crippen LogP contribution in [-0.2, 0) is 0 Å². The van der Waals surface area contributed by atoms with Crippen LogP contribution >= 0.6 is 0 Å². The van der Waals surface area contributed by atoms with Gasteiger partial charge in [0.15, 0.2) is 0 Å². The zero-order valence-electron chi connectivity index (χ0n) is 4.39. The van der Waals surface area contributed by atoms with Crippen LogP contribution in [-0.4, -0.2) is 87.2 Å². The smallest absolute Gasteiger partial charge is 0 e. The van der Waals surface area contributed by atoms with Crippen molar-refractivity contribution in [2.75, 3.05) is 0 Å². The van der Waals surface area contributed by atoms with Crippen LogP contribution in [0.2, 0.25) is 0 Å². The molecule has 0 aromatic heterocycles. The van der Waals surface area contributed by atoms with Crippen molar-refractivity contribution < 1.29 is 38.3 Å². The normalized spacial score (nSPS) is 0. The molecule has 0 heterocycles. The molecule has 0 rings (SSSR count). The van der Waals surface area contributed by atoms with Crippen LogP contribution < -0.4 is 0 Å². The minimum absolute atomic E-state index is 0. The van der Waals surface area contributed by atoms with E-state index in [0.717, 1.165) is 0 Å². The summed E-state index contributed by atoms with van der Waals surface area (Å²) in [6.07, 6.45) is 0. The maximum absolute atomic E-state index is 0. The summed E-state index contributed by atoms with van der Waals surface area (Å²) in [5.41, 5.74) is 0. The molecule has 0 atom stereocenters. The molecule has 0 aliphatic carbocycles. The van der Waals surface area contributed by atoms with E-state index in [4.69, 9.17) is 0 Å². The van der Waals surface area contributed by atoms with Crippen LogP contribution in [0, 0.1) is 0 Å². The van der Waals surface area contributed by atoms with E-state index in [1.54, 1.807) is 0 Å². The van der Waals surface area contributed by atoms with Crippen molar-refractivity contribution in [1.82, 2.24) is 0 Å². The standard InChI is InChI=1S/7H2O.2Sb/h7*1H2;;. The average Bonchev–Trinajstić information content (AvgIpc) is 0. The van der Waals surface area contributed by atoms with Crippen LogP contribution in [0.5, 0.6) is 0 Å². The van der Waals surface area contributed by atoms with Gasteiger partial charge < -0.3 is 38.3 Å². The van der Waals surface area contributed by atoms with E-state index < -0.39 is 0 Å². The van der Waals surface area contributed by atoms with Gasteiger partial charge in [-0.2, -0.15) is 0 Å². The molecule has 0 amide bonds. The molecular formula is H14O7Sb2. The van der Waals surface area contributed by atoms with Gasteiger partial charge in [-0.25, -0.2) is 0 Å². The first-order valence-electron chi connectivity index (χ1n) is 0. The first-order valence-corrected chi connectivity index (χ1v) is 0. The maximum atomic E-state index is 0. The summed E-state index contributed by atoms with van der Waals surface area (Å²) in [5, 5.41) is 0. The van der Waals surface area contributed by atoms with Crippen molar-refractivity contribution in [2.24, 2.45) is 0 Å². The molecule has 0 aliphatic heterocycles. The zero-order chi connectivity index (χ0) is 0. The third-order valence-corrected chi connectivity index (χ3v) is 0. The van der Waals surface area contributed by atoms with Crippen LogP contribution in [0.1, 0.15) is 0 Å². The third-order valence-electron chi connectivity index (χ3n) is 0. The molecule has 0 aromatic rings. The van der Waals surface area contributed by atoms with E-state index >= 15 is 0 Å². The van der Waals surface area contributed by atoms with Gasteiger partial charge in [0, 0.05) is 48.9 Å². The predicted molar refractivity (Wildman–Crippen MR) is 36.8 cm³/mol. The molecule has 9 heteroatoms. The SMILES string of the molecule is O.O.O.O.O.O.O.[Sb].[Sb]. The quantitative estimate of drug-likeness (QED) is 0.363. The topological polar surface area (TPSA) is 220 Å². The molecule has 0 fully saturated rings. The summed E-state index contributed by atoms with van der Waals surface area (Å²) in [4.78, 5) is 0. The fraction of sp³-hybridized carbons (Fsp3) is 0. The molecule has 0 unspecified atom stereocenters. The van der Waals surface area contributed by atoms with Gasteiger partial charge in [0.1, 0.15) is 0 Å². The Morgan fingerprint density at radius 2 is 0.222 bits per heavy atom. The van der Waals surface area contributed by atoms with E-state index in [9.17, 15) is 0 Å². The van der Waals surface area contributed by atoms with E-state index in [1.807, 2.05) is 0 Å². The second-order valence-corrected chi connectivity index (χ2v) is 0. The van der Waals surface area contributed by atoms with Crippen molar-refractivity contribution in [3.63, 3.8) is 0 Å². The molecule has 66 valence electrons. The molecule has 0 aliphatic rings. The predicted octanol–water partition coefficient (Wildman–Crippen LogP) is -6.53. The fourth-order valence-electron chi connectivity index (χ4n) is 0. The summed E-state index contributed by atoms with van der Waals surface area (Å²) in [6, 6.07) is 0. The number of hydrogen-bond acceptors (Lipinski definition) is 0. The Hall–Kier alpha value is 1.36. The molecule has 9 heavy (non-hydrogen) atoms. The molecule has 0 saturated carbocycles. The van der Waals surface area contributed by atoms with E-state index in [1.165, 1.54) is 0 Å². The number of rotatable bonds is 0. The first-order chi connectivity index (χ1) is 0. The molecule has 0 bridgehead atoms. The van der Waals surface area contributed by atoms with Gasteiger partial charge in [-0.15, -0.1) is 0 Å². The van der Waals surface area contributed by atoms with Crippen molar-refractivity contribution >= 4 is 48.9 Å². The first kappa shape index (κ1) is 493. The molecule has 0 spiro atoms. The average molecular weight is 370 g/mol. The summed E-state index contributed by atoms with van der Waals surface area (Å²) >= 11 is 0. The molecule has 6 radical (unpaired) electrons. The van der Waals surface area contributed by atoms with Crippen LogP contribution in [0.4, 0.5) is 0 Å². The second kappa shape index (κ2) is 355. The summed E-state index contributed by atoms with van der Waals surface area (Å²) in [7, 11) is 0. The van der Waals surface area contributed by atoms with Crippen molar-refractivity contribution in [2.45, 2.75) is 0 Å². The van der Waals surface area contributed by atoms with E-state index in [0.29, 0.717) is 0 Å². The van der Waals surface area contributed by atoms with Gasteiger partial charge >= 0.3 is 0 Å². The molecular weight excluding hydrogens is 356 g/mol. The van der Waals surface area contributed by atoms with Gasteiger partial charge in [-0.1, -0.05) is 0 Å². The maximum Gasteiger partial charge on any atom is 0 e. The van der Waals surface area contributed by atoms with Crippen LogP contribution in [0.15, 0.2) is 0 Å². The van der Waals surface area contributed by atoms with Gasteiger partial charge in [-0.3, -0.25) is 0 Å². The van der Waals surface area contributed by atoms with Crippen LogP contribution in [0.25, 0.3) is 0 Å². The monoisotopic (exact) mass is 368 g/mol. The minimum atomic E-state index is 0. The van der Waals surface area contributed by atoms with Crippen LogP contribution in [0.3, 0.4) is 0 Å². The number of hydrogen-bond donors (Lipinski definition) is 0. The van der Waals surface area contributed by atoms with Gasteiger partial charge in [-0.05, 0) is 0 Å². The molecule has 7 nitrogen and oxygen atoms in total. The Bertz CT molecular complexity index is 6.88. The third kappa shape index (κ3) is 275. The van der Waals surface area contributed by atoms with Gasteiger partial charge in [0.05, 0.1) is 0 Å². The summed E-state index contributed by atoms with van der Waals surface area (Å²) < 4.78 is 0. The van der Waals surface area contributed by atoms with Crippen molar-refractivity contribution in [3.05, 3.63) is 0 Å². The summed E-state index contributed by atoms with van der Waals surface area (Å²) in [5.74, 6) is 0. The Balaban J connectivity index is 0. The van der Waals surface area contributed by atoms with Gasteiger partial charge in [0.2, 0.25) is 0 Å². The molecule has 0 aromatic carbocycles. The largest absolute Gasteiger partial charge is 0.412 e. The van der Waals surface area contributed by atoms with E-state index in [-0.39, 0.29) is 87.2 Å². The Morgan fingerprint density at radius 1 is 0.222 bits per heavy atom. The fourth-order valence-corrected chi connectivity index (χ4v) is 0. The van der Waals surface area contributed by atoms with E-state index in [2.05, 4.69) is 0 Å². The zero-order valence-corrected chi connectivity index (χ0v) is 9.50. The van der Waals surface area contributed by atoms with Gasteiger partial charge in [0.25, 0.3) is 0 Å². The Morgan fingerprint density at radius 3 is 0.222 bits per heavy atom.